The van der Waals surface area contributed by atoms with Crippen molar-refractivity contribution in [1.82, 2.24) is 5.32 Å². The Morgan fingerprint density at radius 3 is 2.33 bits per heavy atom. The van der Waals surface area contributed by atoms with E-state index in [0.29, 0.717) is 6.04 Å². The minimum atomic E-state index is 0.643. The Kier molecular flexibility index (Phi) is 8.79. The number of hydrogen-bond donors (Lipinski definition) is 1. The molecule has 0 spiro atoms. The molecule has 0 radical (unpaired) electrons. The third-order valence-corrected chi connectivity index (χ3v) is 3.06. The lowest BCUT2D eigenvalue weighted by atomic mass is 9.88. The second-order valence-electron chi connectivity index (χ2n) is 4.64. The Bertz CT molecular complexity index is 163. The van der Waals surface area contributed by atoms with Gasteiger partial charge in [0.25, 0.3) is 0 Å². The number of hydrogen-bond acceptors (Lipinski definition) is 1. The average molecular weight is 211 g/mol. The minimum Gasteiger partial charge on any atom is -0.314 e. The molecule has 0 saturated heterocycles. The molecule has 0 heterocycles. The summed E-state index contributed by atoms with van der Waals surface area (Å²) in [6.45, 7) is 14.0. The summed E-state index contributed by atoms with van der Waals surface area (Å²) in [4.78, 5) is 0. The molecule has 0 fully saturated rings. The molecule has 15 heavy (non-hydrogen) atoms. The number of nitrogens with one attached hydrogen (secondary N) is 1. The van der Waals surface area contributed by atoms with Gasteiger partial charge >= 0.3 is 0 Å². The van der Waals surface area contributed by atoms with E-state index in [4.69, 9.17) is 0 Å². The van der Waals surface area contributed by atoms with E-state index in [1.165, 1.54) is 31.3 Å². The molecule has 1 N–H and O–H groups in total. The van der Waals surface area contributed by atoms with Crippen LogP contribution in [-0.4, -0.2) is 12.6 Å². The number of rotatable bonds is 9. The smallest absolute Gasteiger partial charge is 0.0132 e. The zero-order chi connectivity index (χ0) is 11.7. The van der Waals surface area contributed by atoms with Crippen molar-refractivity contribution in [3.8, 4) is 0 Å². The molecule has 0 aromatic carbocycles. The first-order chi connectivity index (χ1) is 7.15. The highest BCUT2D eigenvalue weighted by atomic mass is 14.9. The van der Waals surface area contributed by atoms with Crippen LogP contribution in [-0.2, 0) is 0 Å². The van der Waals surface area contributed by atoms with Crippen molar-refractivity contribution in [1.29, 1.82) is 0 Å². The van der Waals surface area contributed by atoms with Crippen molar-refractivity contribution < 1.29 is 0 Å². The Balaban J connectivity index is 4.18. The van der Waals surface area contributed by atoms with E-state index >= 15 is 0 Å². The summed E-state index contributed by atoms with van der Waals surface area (Å²) >= 11 is 0. The molecule has 0 aliphatic heterocycles. The van der Waals surface area contributed by atoms with Gasteiger partial charge in [-0.15, -0.1) is 6.58 Å². The van der Waals surface area contributed by atoms with Crippen molar-refractivity contribution in [2.75, 3.05) is 6.54 Å². The summed E-state index contributed by atoms with van der Waals surface area (Å²) in [6.07, 6.45) is 6.44. The highest BCUT2D eigenvalue weighted by Gasteiger charge is 2.18. The van der Waals surface area contributed by atoms with Crippen molar-refractivity contribution in [2.24, 2.45) is 5.92 Å². The normalized spacial score (nSPS) is 14.9. The Morgan fingerprint density at radius 2 is 1.93 bits per heavy atom. The van der Waals surface area contributed by atoms with E-state index in [1.54, 1.807) is 0 Å². The fourth-order valence-electron chi connectivity index (χ4n) is 2.20. The lowest BCUT2D eigenvalue weighted by molar-refractivity contribution is 0.319. The van der Waals surface area contributed by atoms with Gasteiger partial charge in [-0.1, -0.05) is 45.6 Å². The van der Waals surface area contributed by atoms with Crippen LogP contribution in [0.3, 0.4) is 0 Å². The lowest BCUT2D eigenvalue weighted by Crippen LogP contribution is -2.36. The summed E-state index contributed by atoms with van der Waals surface area (Å²) < 4.78 is 0. The molecule has 0 aliphatic carbocycles. The molecule has 0 aromatic rings. The SMILES string of the molecule is C=C(C)CC(NCC)C(CC)CCCC. The highest BCUT2D eigenvalue weighted by Crippen LogP contribution is 2.21. The van der Waals surface area contributed by atoms with Gasteiger partial charge in [0.1, 0.15) is 0 Å². The fourth-order valence-corrected chi connectivity index (χ4v) is 2.20. The predicted octanol–water partition coefficient (Wildman–Crippen LogP) is 4.15. The van der Waals surface area contributed by atoms with Crippen LogP contribution >= 0.6 is 0 Å². The van der Waals surface area contributed by atoms with Crippen molar-refractivity contribution in [2.45, 2.75) is 65.8 Å². The third-order valence-electron chi connectivity index (χ3n) is 3.06. The van der Waals surface area contributed by atoms with Crippen LogP contribution in [0.4, 0.5) is 0 Å². The summed E-state index contributed by atoms with van der Waals surface area (Å²) in [6, 6.07) is 0.643. The van der Waals surface area contributed by atoms with Crippen LogP contribution in [0.1, 0.15) is 59.8 Å². The van der Waals surface area contributed by atoms with Gasteiger partial charge in [0, 0.05) is 6.04 Å². The Hall–Kier alpha value is -0.300. The largest absolute Gasteiger partial charge is 0.314 e. The van der Waals surface area contributed by atoms with Gasteiger partial charge in [-0.25, -0.2) is 0 Å². The molecule has 2 unspecified atom stereocenters. The Morgan fingerprint density at radius 1 is 1.27 bits per heavy atom. The van der Waals surface area contributed by atoms with Crippen LogP contribution in [0, 0.1) is 5.92 Å². The summed E-state index contributed by atoms with van der Waals surface area (Å²) in [5.41, 5.74) is 1.30. The van der Waals surface area contributed by atoms with E-state index in [1.807, 2.05) is 0 Å². The summed E-state index contributed by atoms with van der Waals surface area (Å²) in [5, 5.41) is 3.61. The topological polar surface area (TPSA) is 12.0 Å². The average Bonchev–Trinajstić information content (AvgIpc) is 2.18. The molecular weight excluding hydrogens is 182 g/mol. The maximum atomic E-state index is 4.03. The monoisotopic (exact) mass is 211 g/mol. The van der Waals surface area contributed by atoms with E-state index < -0.39 is 0 Å². The minimum absolute atomic E-state index is 0.643. The van der Waals surface area contributed by atoms with Crippen molar-refractivity contribution in [3.63, 3.8) is 0 Å². The van der Waals surface area contributed by atoms with Gasteiger partial charge in [0.2, 0.25) is 0 Å². The molecule has 0 amide bonds. The summed E-state index contributed by atoms with van der Waals surface area (Å²) in [5.74, 6) is 0.821. The van der Waals surface area contributed by atoms with Gasteiger partial charge in [0.05, 0.1) is 0 Å². The first kappa shape index (κ1) is 14.7. The van der Waals surface area contributed by atoms with E-state index in [2.05, 4.69) is 39.6 Å². The van der Waals surface area contributed by atoms with E-state index in [9.17, 15) is 0 Å². The lowest BCUT2D eigenvalue weighted by Gasteiger charge is -2.27. The molecular formula is C14H29N. The first-order valence-corrected chi connectivity index (χ1v) is 6.53. The van der Waals surface area contributed by atoms with Crippen LogP contribution in [0.25, 0.3) is 0 Å². The van der Waals surface area contributed by atoms with Crippen LogP contribution in [0.2, 0.25) is 0 Å². The van der Waals surface area contributed by atoms with Crippen molar-refractivity contribution >= 4 is 0 Å². The molecule has 0 rings (SSSR count). The van der Waals surface area contributed by atoms with Gasteiger partial charge in [-0.05, 0) is 32.2 Å². The van der Waals surface area contributed by atoms with Crippen LogP contribution in [0.5, 0.6) is 0 Å². The molecule has 0 aromatic heterocycles. The molecule has 0 bridgehead atoms. The van der Waals surface area contributed by atoms with Gasteiger partial charge in [-0.2, -0.15) is 0 Å². The standard InChI is InChI=1S/C14H29N/c1-6-9-10-13(7-2)14(15-8-3)11-12(4)5/h13-15H,4,6-11H2,1-3,5H3. The molecule has 0 saturated carbocycles. The van der Waals surface area contributed by atoms with Gasteiger partial charge in [0.15, 0.2) is 0 Å². The fraction of sp³-hybridized carbons (Fsp3) is 0.857. The zero-order valence-electron chi connectivity index (χ0n) is 11.1. The second-order valence-corrected chi connectivity index (χ2v) is 4.64. The number of unbranched alkanes of at least 4 members (excludes halogenated alkanes) is 1. The first-order valence-electron chi connectivity index (χ1n) is 6.53. The quantitative estimate of drug-likeness (QED) is 0.565. The maximum Gasteiger partial charge on any atom is 0.0132 e. The van der Waals surface area contributed by atoms with Gasteiger partial charge < -0.3 is 5.32 Å². The molecule has 1 nitrogen and oxygen atoms in total. The Labute approximate surface area is 96.3 Å². The van der Waals surface area contributed by atoms with Crippen LogP contribution < -0.4 is 5.32 Å². The molecule has 90 valence electrons. The predicted molar refractivity (Wildman–Crippen MR) is 70.2 cm³/mol. The molecule has 1 heteroatoms. The maximum absolute atomic E-state index is 4.03. The molecule has 2 atom stereocenters. The highest BCUT2D eigenvalue weighted by molar-refractivity contribution is 4.94. The van der Waals surface area contributed by atoms with E-state index in [0.717, 1.165) is 18.9 Å². The summed E-state index contributed by atoms with van der Waals surface area (Å²) in [7, 11) is 0. The molecule has 0 aliphatic rings. The van der Waals surface area contributed by atoms with E-state index in [-0.39, 0.29) is 0 Å². The van der Waals surface area contributed by atoms with Gasteiger partial charge in [-0.3, -0.25) is 0 Å². The second kappa shape index (κ2) is 8.96. The van der Waals surface area contributed by atoms with Crippen LogP contribution in [0.15, 0.2) is 12.2 Å². The van der Waals surface area contributed by atoms with Crippen molar-refractivity contribution in [3.05, 3.63) is 12.2 Å². The third kappa shape index (κ3) is 6.72. The zero-order valence-corrected chi connectivity index (χ0v) is 11.1.